The molecule has 80 valence electrons. The van der Waals surface area contributed by atoms with Crippen LogP contribution in [0.25, 0.3) is 0 Å². The highest BCUT2D eigenvalue weighted by molar-refractivity contribution is 6.29. The van der Waals surface area contributed by atoms with Gasteiger partial charge in [-0.1, -0.05) is 11.6 Å². The Morgan fingerprint density at radius 1 is 1.60 bits per heavy atom. The van der Waals surface area contributed by atoms with E-state index >= 15 is 0 Å². The Bertz CT molecular complexity index is 397. The third kappa shape index (κ3) is 2.02. The van der Waals surface area contributed by atoms with Crippen LogP contribution < -0.4 is 0 Å². The monoisotopic (exact) mass is 227 g/mol. The molecular weight excluding hydrogens is 218 g/mol. The second-order valence-corrected chi connectivity index (χ2v) is 3.61. The van der Waals surface area contributed by atoms with Crippen LogP contribution in [0, 0.1) is 0 Å². The number of amides is 1. The first-order valence-electron chi connectivity index (χ1n) is 4.54. The Hall–Kier alpha value is -1.36. The minimum atomic E-state index is -0.336. The molecule has 0 N–H and O–H groups in total. The molecule has 2 heterocycles. The molecule has 0 fully saturated rings. The van der Waals surface area contributed by atoms with Crippen molar-refractivity contribution in [1.29, 1.82) is 0 Å². The van der Waals surface area contributed by atoms with Crippen molar-refractivity contribution >= 4 is 17.7 Å². The molecular formula is C9H10ClN3O2. The standard InChI is InChI=1S/C9H10ClN3O2/c1-15-9(14)13-3-2-6-7(5-13)11-4-8(10)12-6/h4H,2-3,5H2,1H3. The van der Waals surface area contributed by atoms with Crippen LogP contribution in [0.5, 0.6) is 0 Å². The molecule has 0 saturated carbocycles. The molecule has 1 aliphatic rings. The third-order valence-electron chi connectivity index (χ3n) is 2.29. The van der Waals surface area contributed by atoms with Gasteiger partial charge in [0.15, 0.2) is 0 Å². The topological polar surface area (TPSA) is 55.3 Å². The van der Waals surface area contributed by atoms with Gasteiger partial charge in [0.25, 0.3) is 0 Å². The zero-order chi connectivity index (χ0) is 10.8. The second kappa shape index (κ2) is 4.02. The van der Waals surface area contributed by atoms with E-state index < -0.39 is 0 Å². The Morgan fingerprint density at radius 3 is 3.13 bits per heavy atom. The summed E-state index contributed by atoms with van der Waals surface area (Å²) in [6, 6.07) is 0. The van der Waals surface area contributed by atoms with Crippen molar-refractivity contribution in [2.75, 3.05) is 13.7 Å². The number of fused-ring (bicyclic) bond motifs is 1. The fraction of sp³-hybridized carbons (Fsp3) is 0.444. The summed E-state index contributed by atoms with van der Waals surface area (Å²) in [5, 5.41) is 0.389. The lowest BCUT2D eigenvalue weighted by molar-refractivity contribution is 0.117. The van der Waals surface area contributed by atoms with E-state index in [1.807, 2.05) is 0 Å². The van der Waals surface area contributed by atoms with Gasteiger partial charge in [-0.25, -0.2) is 9.78 Å². The average Bonchev–Trinajstić information content (AvgIpc) is 2.27. The van der Waals surface area contributed by atoms with Crippen LogP contribution >= 0.6 is 11.6 Å². The molecule has 6 heteroatoms. The lowest BCUT2D eigenvalue weighted by atomic mass is 10.1. The fourth-order valence-electron chi connectivity index (χ4n) is 1.55. The second-order valence-electron chi connectivity index (χ2n) is 3.23. The molecule has 1 amide bonds. The fourth-order valence-corrected chi connectivity index (χ4v) is 1.70. The van der Waals surface area contributed by atoms with Crippen molar-refractivity contribution in [1.82, 2.24) is 14.9 Å². The van der Waals surface area contributed by atoms with Gasteiger partial charge in [-0.2, -0.15) is 0 Å². The zero-order valence-corrected chi connectivity index (χ0v) is 8.99. The van der Waals surface area contributed by atoms with Gasteiger partial charge >= 0.3 is 6.09 Å². The van der Waals surface area contributed by atoms with Crippen LogP contribution in [0.1, 0.15) is 11.4 Å². The molecule has 1 aliphatic heterocycles. The number of hydrogen-bond acceptors (Lipinski definition) is 4. The van der Waals surface area contributed by atoms with Gasteiger partial charge in [-0.05, 0) is 0 Å². The molecule has 2 rings (SSSR count). The highest BCUT2D eigenvalue weighted by Crippen LogP contribution is 2.17. The third-order valence-corrected chi connectivity index (χ3v) is 2.48. The number of rotatable bonds is 0. The average molecular weight is 228 g/mol. The van der Waals surface area contributed by atoms with Gasteiger partial charge in [0.05, 0.1) is 31.2 Å². The molecule has 0 saturated heterocycles. The van der Waals surface area contributed by atoms with Crippen LogP contribution in [-0.2, 0) is 17.7 Å². The van der Waals surface area contributed by atoms with Gasteiger partial charge in [-0.3, -0.25) is 4.98 Å². The summed E-state index contributed by atoms with van der Waals surface area (Å²) in [5.41, 5.74) is 1.65. The van der Waals surface area contributed by atoms with Gasteiger partial charge in [0.1, 0.15) is 5.15 Å². The van der Waals surface area contributed by atoms with E-state index in [2.05, 4.69) is 14.7 Å². The Kier molecular flexibility index (Phi) is 2.73. The highest BCUT2D eigenvalue weighted by atomic mass is 35.5. The number of methoxy groups -OCH3 is 1. The maximum Gasteiger partial charge on any atom is 0.409 e. The molecule has 0 atom stereocenters. The van der Waals surface area contributed by atoms with E-state index in [9.17, 15) is 4.79 Å². The quantitative estimate of drug-likeness (QED) is 0.670. The molecule has 0 aliphatic carbocycles. The van der Waals surface area contributed by atoms with E-state index in [0.29, 0.717) is 24.7 Å². The predicted molar refractivity (Wildman–Crippen MR) is 53.6 cm³/mol. The minimum Gasteiger partial charge on any atom is -0.453 e. The van der Waals surface area contributed by atoms with Crippen molar-refractivity contribution in [2.24, 2.45) is 0 Å². The van der Waals surface area contributed by atoms with Gasteiger partial charge in [0, 0.05) is 13.0 Å². The van der Waals surface area contributed by atoms with Crippen molar-refractivity contribution < 1.29 is 9.53 Å². The summed E-state index contributed by atoms with van der Waals surface area (Å²) in [7, 11) is 1.37. The largest absolute Gasteiger partial charge is 0.453 e. The predicted octanol–water partition coefficient (Wildman–Crippen LogP) is 1.25. The van der Waals surface area contributed by atoms with Crippen LogP contribution in [0.3, 0.4) is 0 Å². The molecule has 0 radical (unpaired) electrons. The summed E-state index contributed by atoms with van der Waals surface area (Å²) in [5.74, 6) is 0. The maximum absolute atomic E-state index is 11.3. The first-order valence-corrected chi connectivity index (χ1v) is 4.91. The molecule has 0 bridgehead atoms. The van der Waals surface area contributed by atoms with Crippen LogP contribution in [0.15, 0.2) is 6.20 Å². The normalized spacial score (nSPS) is 14.7. The summed E-state index contributed by atoms with van der Waals surface area (Å²) >= 11 is 5.72. The molecule has 0 spiro atoms. The summed E-state index contributed by atoms with van der Waals surface area (Å²) in [6.07, 6.45) is 1.82. The Balaban J connectivity index is 2.20. The van der Waals surface area contributed by atoms with Crippen LogP contribution in [0.4, 0.5) is 4.79 Å². The minimum absolute atomic E-state index is 0.336. The van der Waals surface area contributed by atoms with E-state index in [1.165, 1.54) is 13.3 Å². The lowest BCUT2D eigenvalue weighted by Gasteiger charge is -2.25. The van der Waals surface area contributed by atoms with Crippen molar-refractivity contribution in [3.8, 4) is 0 Å². The highest BCUT2D eigenvalue weighted by Gasteiger charge is 2.22. The van der Waals surface area contributed by atoms with Crippen LogP contribution in [0.2, 0.25) is 5.15 Å². The number of carbonyl (C=O) groups is 1. The SMILES string of the molecule is COC(=O)N1CCc2nc(Cl)cnc2C1. The van der Waals surface area contributed by atoms with Crippen molar-refractivity contribution in [3.05, 3.63) is 22.7 Å². The molecule has 0 aromatic carbocycles. The summed E-state index contributed by atoms with van der Waals surface area (Å²) < 4.78 is 4.64. The number of ether oxygens (including phenoxy) is 1. The summed E-state index contributed by atoms with van der Waals surface area (Å²) in [6.45, 7) is 1.03. The lowest BCUT2D eigenvalue weighted by Crippen LogP contribution is -2.36. The van der Waals surface area contributed by atoms with Gasteiger partial charge in [0.2, 0.25) is 0 Å². The van der Waals surface area contributed by atoms with Crippen molar-refractivity contribution in [2.45, 2.75) is 13.0 Å². The van der Waals surface area contributed by atoms with Crippen molar-refractivity contribution in [3.63, 3.8) is 0 Å². The Labute approximate surface area is 92.0 Å². The van der Waals surface area contributed by atoms with Gasteiger partial charge in [-0.15, -0.1) is 0 Å². The van der Waals surface area contributed by atoms with Crippen LogP contribution in [-0.4, -0.2) is 34.6 Å². The van der Waals surface area contributed by atoms with E-state index in [4.69, 9.17) is 11.6 Å². The molecule has 0 unspecified atom stereocenters. The number of carbonyl (C=O) groups excluding carboxylic acids is 1. The molecule has 5 nitrogen and oxygen atoms in total. The van der Waals surface area contributed by atoms with E-state index in [-0.39, 0.29) is 6.09 Å². The summed E-state index contributed by atoms with van der Waals surface area (Å²) in [4.78, 5) is 21.2. The number of nitrogens with zero attached hydrogens (tertiary/aromatic N) is 3. The number of aromatic nitrogens is 2. The first-order chi connectivity index (χ1) is 7.20. The maximum atomic E-state index is 11.3. The first kappa shape index (κ1) is 10.2. The number of halogens is 1. The van der Waals surface area contributed by atoms with Gasteiger partial charge < -0.3 is 9.64 Å². The molecule has 1 aromatic heterocycles. The number of hydrogen-bond donors (Lipinski definition) is 0. The Morgan fingerprint density at radius 2 is 2.40 bits per heavy atom. The van der Waals surface area contributed by atoms with E-state index in [1.54, 1.807) is 4.90 Å². The van der Waals surface area contributed by atoms with E-state index in [0.717, 1.165) is 11.4 Å². The zero-order valence-electron chi connectivity index (χ0n) is 8.23. The smallest absolute Gasteiger partial charge is 0.409 e. The molecule has 15 heavy (non-hydrogen) atoms. The molecule has 1 aromatic rings.